The summed E-state index contributed by atoms with van der Waals surface area (Å²) in [6.07, 6.45) is 4.55. The molecule has 0 saturated carbocycles. The van der Waals surface area contributed by atoms with Gasteiger partial charge in [0.05, 0.1) is 19.3 Å². The number of ether oxygens (including phenoxy) is 1. The first-order valence-electron chi connectivity index (χ1n) is 8.85. The summed E-state index contributed by atoms with van der Waals surface area (Å²) in [7, 11) is 0. The van der Waals surface area contributed by atoms with Gasteiger partial charge in [-0.15, -0.1) is 0 Å². The fraction of sp³-hybridized carbons (Fsp3) is 0.526. The summed E-state index contributed by atoms with van der Waals surface area (Å²) < 4.78 is 5.44. The molecule has 25 heavy (non-hydrogen) atoms. The van der Waals surface area contributed by atoms with Crippen molar-refractivity contribution < 1.29 is 9.53 Å². The summed E-state index contributed by atoms with van der Waals surface area (Å²) in [6, 6.07) is 7.85. The van der Waals surface area contributed by atoms with Crippen molar-refractivity contribution in [2.24, 2.45) is 0 Å². The molecule has 0 radical (unpaired) electrons. The Kier molecular flexibility index (Phi) is 7.23. The van der Waals surface area contributed by atoms with Crippen LogP contribution in [0.1, 0.15) is 12.0 Å². The second kappa shape index (κ2) is 9.62. The molecule has 2 saturated heterocycles. The van der Waals surface area contributed by atoms with Crippen molar-refractivity contribution in [2.45, 2.75) is 12.5 Å². The Balaban J connectivity index is 1.67. The molecule has 136 valence electrons. The van der Waals surface area contributed by atoms with Gasteiger partial charge in [0, 0.05) is 43.0 Å². The number of hydrogen-bond acceptors (Lipinski definition) is 4. The number of halogens is 1. The van der Waals surface area contributed by atoms with Crippen LogP contribution in [0.15, 0.2) is 30.3 Å². The summed E-state index contributed by atoms with van der Waals surface area (Å²) >= 11 is 8.13. The Bertz CT molecular complexity index is 605. The van der Waals surface area contributed by atoms with Gasteiger partial charge in [0.2, 0.25) is 5.91 Å². The van der Waals surface area contributed by atoms with Gasteiger partial charge in [-0.05, 0) is 29.9 Å². The quantitative estimate of drug-likeness (QED) is 0.752. The van der Waals surface area contributed by atoms with Crippen LogP contribution < -0.4 is 0 Å². The fourth-order valence-electron chi connectivity index (χ4n) is 3.22. The Morgan fingerprint density at radius 2 is 2.08 bits per heavy atom. The first-order valence-corrected chi connectivity index (χ1v) is 10.4. The lowest BCUT2D eigenvalue weighted by atomic mass is 10.2. The molecule has 0 spiro atoms. The fourth-order valence-corrected chi connectivity index (χ4v) is 4.48. The number of carbonyl (C=O) groups excluding carboxylic acids is 1. The lowest BCUT2D eigenvalue weighted by Crippen LogP contribution is -2.50. The highest BCUT2D eigenvalue weighted by Gasteiger charge is 2.27. The summed E-state index contributed by atoms with van der Waals surface area (Å²) in [5, 5.41) is 0.669. The van der Waals surface area contributed by atoms with Crippen LogP contribution in [0.3, 0.4) is 0 Å². The average Bonchev–Trinajstić information content (AvgIpc) is 2.87. The zero-order chi connectivity index (χ0) is 17.5. The molecule has 0 bridgehead atoms. The van der Waals surface area contributed by atoms with Crippen LogP contribution in [0, 0.1) is 0 Å². The minimum absolute atomic E-state index is 0.0840. The smallest absolute Gasteiger partial charge is 0.246 e. The Hall–Kier alpha value is -1.01. The van der Waals surface area contributed by atoms with Crippen molar-refractivity contribution in [1.29, 1.82) is 0 Å². The molecular weight excluding hydrogens is 356 g/mol. The SMILES string of the molecule is O=C(/C=C/c1ccccc1Cl)N1CCCSCC1CN1CCOCC1. The second-order valence-corrected chi connectivity index (χ2v) is 7.94. The third-order valence-corrected chi connectivity index (χ3v) is 6.15. The van der Waals surface area contributed by atoms with Crippen molar-refractivity contribution in [3.63, 3.8) is 0 Å². The third-order valence-electron chi connectivity index (χ3n) is 4.61. The van der Waals surface area contributed by atoms with Crippen LogP contribution >= 0.6 is 23.4 Å². The van der Waals surface area contributed by atoms with Crippen LogP contribution in [-0.2, 0) is 9.53 Å². The molecule has 0 N–H and O–H groups in total. The monoisotopic (exact) mass is 380 g/mol. The highest BCUT2D eigenvalue weighted by atomic mass is 35.5. The maximum absolute atomic E-state index is 12.8. The highest BCUT2D eigenvalue weighted by molar-refractivity contribution is 7.99. The van der Waals surface area contributed by atoms with E-state index in [1.165, 1.54) is 0 Å². The molecule has 3 rings (SSSR count). The maximum Gasteiger partial charge on any atom is 0.246 e. The van der Waals surface area contributed by atoms with Crippen molar-refractivity contribution in [3.8, 4) is 0 Å². The van der Waals surface area contributed by atoms with Gasteiger partial charge in [-0.3, -0.25) is 9.69 Å². The van der Waals surface area contributed by atoms with Gasteiger partial charge >= 0.3 is 0 Å². The van der Waals surface area contributed by atoms with Crippen LogP contribution in [0.2, 0.25) is 5.02 Å². The van der Waals surface area contributed by atoms with Crippen molar-refractivity contribution in [1.82, 2.24) is 9.80 Å². The summed E-state index contributed by atoms with van der Waals surface area (Å²) in [5.74, 6) is 2.21. The van der Waals surface area contributed by atoms with Gasteiger partial charge in [0.25, 0.3) is 0 Å². The summed E-state index contributed by atoms with van der Waals surface area (Å²) in [5.41, 5.74) is 0.881. The van der Waals surface area contributed by atoms with Gasteiger partial charge < -0.3 is 9.64 Å². The number of rotatable bonds is 4. The number of benzene rings is 1. The molecule has 2 fully saturated rings. The van der Waals surface area contributed by atoms with E-state index >= 15 is 0 Å². The van der Waals surface area contributed by atoms with Crippen LogP contribution in [-0.4, -0.2) is 72.6 Å². The summed E-state index contributed by atoms with van der Waals surface area (Å²) in [6.45, 7) is 5.26. The van der Waals surface area contributed by atoms with Crippen molar-refractivity contribution >= 4 is 35.3 Å². The minimum atomic E-state index is 0.0840. The molecule has 2 aliphatic rings. The first kappa shape index (κ1) is 18.8. The number of carbonyl (C=O) groups is 1. The second-order valence-electron chi connectivity index (χ2n) is 6.38. The van der Waals surface area contributed by atoms with Crippen LogP contribution in [0.5, 0.6) is 0 Å². The molecular formula is C19H25ClN2O2S. The standard InChI is InChI=1S/C19H25ClN2O2S/c20-18-5-2-1-4-16(18)6-7-19(23)22-8-3-13-25-15-17(22)14-21-9-11-24-12-10-21/h1-2,4-7,17H,3,8-15H2/b7-6+. The predicted octanol–water partition coefficient (Wildman–Crippen LogP) is 3.02. The molecule has 0 aliphatic carbocycles. The zero-order valence-electron chi connectivity index (χ0n) is 14.4. The molecule has 2 heterocycles. The lowest BCUT2D eigenvalue weighted by molar-refractivity contribution is -0.128. The third kappa shape index (κ3) is 5.48. The predicted molar refractivity (Wildman–Crippen MR) is 105 cm³/mol. The minimum Gasteiger partial charge on any atom is -0.379 e. The normalized spacial score (nSPS) is 22.9. The van der Waals surface area contributed by atoms with E-state index < -0.39 is 0 Å². The van der Waals surface area contributed by atoms with Crippen molar-refractivity contribution in [3.05, 3.63) is 40.9 Å². The number of nitrogens with zero attached hydrogens (tertiary/aromatic N) is 2. The van der Waals surface area contributed by atoms with Gasteiger partial charge in [-0.1, -0.05) is 29.8 Å². The molecule has 4 nitrogen and oxygen atoms in total. The van der Waals surface area contributed by atoms with Gasteiger partial charge in [-0.2, -0.15) is 11.8 Å². The molecule has 0 aromatic heterocycles. The topological polar surface area (TPSA) is 32.8 Å². The lowest BCUT2D eigenvalue weighted by Gasteiger charge is -2.35. The Morgan fingerprint density at radius 1 is 1.28 bits per heavy atom. The van der Waals surface area contributed by atoms with Gasteiger partial charge in [0.1, 0.15) is 0 Å². The molecule has 1 amide bonds. The van der Waals surface area contributed by atoms with Gasteiger partial charge in [-0.25, -0.2) is 0 Å². The molecule has 1 aromatic rings. The zero-order valence-corrected chi connectivity index (χ0v) is 16.0. The Morgan fingerprint density at radius 3 is 2.88 bits per heavy atom. The van der Waals surface area contributed by atoms with E-state index in [1.807, 2.05) is 47.0 Å². The van der Waals surface area contributed by atoms with E-state index in [2.05, 4.69) is 4.90 Å². The summed E-state index contributed by atoms with van der Waals surface area (Å²) in [4.78, 5) is 17.3. The van der Waals surface area contributed by atoms with E-state index in [9.17, 15) is 4.79 Å². The first-order chi connectivity index (χ1) is 12.2. The Labute approximate surface area is 159 Å². The number of morpholine rings is 1. The molecule has 2 aliphatic heterocycles. The molecule has 1 unspecified atom stereocenters. The van der Waals surface area contributed by atoms with E-state index in [-0.39, 0.29) is 11.9 Å². The van der Waals surface area contributed by atoms with Crippen LogP contribution in [0.25, 0.3) is 6.08 Å². The van der Waals surface area contributed by atoms with E-state index in [1.54, 1.807) is 6.08 Å². The molecule has 1 atom stereocenters. The van der Waals surface area contributed by atoms with Gasteiger partial charge in [0.15, 0.2) is 0 Å². The van der Waals surface area contributed by atoms with Crippen LogP contribution in [0.4, 0.5) is 0 Å². The molecule has 6 heteroatoms. The highest BCUT2D eigenvalue weighted by Crippen LogP contribution is 2.20. The maximum atomic E-state index is 12.8. The number of thioether (sulfide) groups is 1. The van der Waals surface area contributed by atoms with E-state index in [4.69, 9.17) is 16.3 Å². The number of amides is 1. The van der Waals surface area contributed by atoms with Crippen molar-refractivity contribution in [2.75, 3.05) is 50.9 Å². The largest absolute Gasteiger partial charge is 0.379 e. The van der Waals surface area contributed by atoms with E-state index in [0.29, 0.717) is 5.02 Å². The average molecular weight is 381 g/mol. The van der Waals surface area contributed by atoms with E-state index in [0.717, 1.165) is 62.9 Å². The molecule has 1 aromatic carbocycles. The number of hydrogen-bond donors (Lipinski definition) is 0.